The fourth-order valence-electron chi connectivity index (χ4n) is 6.54. The number of hydrogen-bond acceptors (Lipinski definition) is 7. The van der Waals surface area contributed by atoms with Crippen molar-refractivity contribution in [2.45, 2.75) is 70.1 Å². The zero-order valence-electron chi connectivity index (χ0n) is 25.8. The number of halogens is 3. The van der Waals surface area contributed by atoms with Gasteiger partial charge in [0.2, 0.25) is 5.88 Å². The van der Waals surface area contributed by atoms with Crippen molar-refractivity contribution in [1.82, 2.24) is 29.2 Å². The maximum absolute atomic E-state index is 14.0. The standard InChI is InChI=1S/C34H35F3N6O4/c1-20(33-40-27-8-7-23(34(44)45)16-29(27)42(33)18-25-11-14-46-25)41-12-9-22(10-13-41)26-3-2-4-30(39-26)47-19-21-5-6-24-17-38-43(28(24)15-21)32(37)31(35)36/h2-8,15-17,20,22,25,31-32H,9-14,18-19H2,1H3,(H,44,45)/t20-,25?,32?/m0/s1. The van der Waals surface area contributed by atoms with Crippen LogP contribution in [0.5, 0.6) is 5.88 Å². The second-order valence-electron chi connectivity index (χ2n) is 12.2. The molecule has 10 nitrogen and oxygen atoms in total. The first-order valence-electron chi connectivity index (χ1n) is 15.8. The minimum absolute atomic E-state index is 0.0151. The van der Waals surface area contributed by atoms with E-state index < -0.39 is 18.7 Å². The number of pyridine rings is 1. The lowest BCUT2D eigenvalue weighted by Crippen LogP contribution is -2.37. The average Bonchev–Trinajstić information content (AvgIpc) is 3.65. The van der Waals surface area contributed by atoms with Crippen LogP contribution in [0.1, 0.15) is 71.9 Å². The molecule has 2 unspecified atom stereocenters. The number of nitrogens with zero attached hydrogens (tertiary/aromatic N) is 6. The van der Waals surface area contributed by atoms with Gasteiger partial charge in [-0.2, -0.15) is 5.10 Å². The van der Waals surface area contributed by atoms with E-state index in [4.69, 9.17) is 19.4 Å². The van der Waals surface area contributed by atoms with Gasteiger partial charge in [0.15, 0.2) is 0 Å². The Kier molecular flexibility index (Phi) is 8.58. The number of piperidine rings is 1. The van der Waals surface area contributed by atoms with E-state index in [9.17, 15) is 23.1 Å². The van der Waals surface area contributed by atoms with Crippen LogP contribution in [0.25, 0.3) is 21.9 Å². The Morgan fingerprint density at radius 1 is 1.04 bits per heavy atom. The van der Waals surface area contributed by atoms with E-state index in [0.29, 0.717) is 28.1 Å². The summed E-state index contributed by atoms with van der Waals surface area (Å²) in [6.07, 6.45) is -1.48. The van der Waals surface area contributed by atoms with Crippen molar-refractivity contribution < 1.29 is 32.5 Å². The van der Waals surface area contributed by atoms with Gasteiger partial charge >= 0.3 is 5.97 Å². The molecule has 2 aliphatic heterocycles. The molecule has 3 atom stereocenters. The molecule has 2 fully saturated rings. The highest BCUT2D eigenvalue weighted by molar-refractivity contribution is 5.92. The molecule has 0 bridgehead atoms. The summed E-state index contributed by atoms with van der Waals surface area (Å²) in [7, 11) is 0. The molecule has 0 spiro atoms. The summed E-state index contributed by atoms with van der Waals surface area (Å²) in [6.45, 7) is 5.34. The number of hydrogen-bond donors (Lipinski definition) is 1. The fraction of sp³-hybridized carbons (Fsp3) is 0.412. The third kappa shape index (κ3) is 6.29. The van der Waals surface area contributed by atoms with Gasteiger partial charge in [0.25, 0.3) is 12.7 Å². The molecule has 3 aromatic heterocycles. The molecule has 2 saturated heterocycles. The minimum Gasteiger partial charge on any atom is -0.478 e. The van der Waals surface area contributed by atoms with E-state index in [1.54, 1.807) is 42.5 Å². The molecule has 246 valence electrons. The van der Waals surface area contributed by atoms with Crippen molar-refractivity contribution in [3.63, 3.8) is 0 Å². The Morgan fingerprint density at radius 3 is 2.57 bits per heavy atom. The number of likely N-dealkylation sites (tertiary alicyclic amines) is 1. The first-order chi connectivity index (χ1) is 22.7. The van der Waals surface area contributed by atoms with E-state index in [-0.39, 0.29) is 35.8 Å². The molecule has 5 heterocycles. The molecular weight excluding hydrogens is 613 g/mol. The smallest absolute Gasteiger partial charge is 0.335 e. The topological polar surface area (TPSA) is 108 Å². The van der Waals surface area contributed by atoms with E-state index in [1.807, 2.05) is 12.1 Å². The number of carboxylic acids is 1. The molecule has 47 heavy (non-hydrogen) atoms. The third-order valence-electron chi connectivity index (χ3n) is 9.31. The minimum atomic E-state index is -3.18. The molecule has 7 rings (SSSR count). The first-order valence-corrected chi connectivity index (χ1v) is 15.8. The molecular formula is C34H35F3N6O4. The summed E-state index contributed by atoms with van der Waals surface area (Å²) < 4.78 is 54.5. The van der Waals surface area contributed by atoms with E-state index in [0.717, 1.165) is 61.5 Å². The number of benzene rings is 2. The number of imidazole rings is 1. The first kappa shape index (κ1) is 31.1. The number of fused-ring (bicyclic) bond motifs is 2. The van der Waals surface area contributed by atoms with Gasteiger partial charge < -0.3 is 19.1 Å². The van der Waals surface area contributed by atoms with Crippen LogP contribution in [0.3, 0.4) is 0 Å². The van der Waals surface area contributed by atoms with Crippen LogP contribution in [0.4, 0.5) is 13.2 Å². The van der Waals surface area contributed by atoms with E-state index in [1.165, 1.54) is 6.20 Å². The normalized spacial score (nSPS) is 18.9. The van der Waals surface area contributed by atoms with Crippen molar-refractivity contribution in [3.8, 4) is 5.88 Å². The van der Waals surface area contributed by atoms with Gasteiger partial charge in [-0.15, -0.1) is 0 Å². The van der Waals surface area contributed by atoms with Crippen LogP contribution >= 0.6 is 0 Å². The monoisotopic (exact) mass is 648 g/mol. The van der Waals surface area contributed by atoms with Crippen molar-refractivity contribution >= 4 is 27.9 Å². The number of aromatic carboxylic acids is 1. The maximum atomic E-state index is 14.0. The van der Waals surface area contributed by atoms with Crippen LogP contribution in [0, 0.1) is 0 Å². The van der Waals surface area contributed by atoms with E-state index in [2.05, 4.69) is 21.5 Å². The maximum Gasteiger partial charge on any atom is 0.335 e. The SMILES string of the molecule is C[C@@H](c1nc2ccc(C(=O)O)cc2n1CC1CCO1)N1CCC(c2cccc(OCc3ccc4cnn(C(F)C(F)F)c4c3)n2)CC1. The van der Waals surface area contributed by atoms with Gasteiger partial charge in [-0.3, -0.25) is 4.90 Å². The number of ether oxygens (including phenoxy) is 2. The van der Waals surface area contributed by atoms with Gasteiger partial charge in [-0.05, 0) is 75.2 Å². The van der Waals surface area contributed by atoms with Gasteiger partial charge in [0, 0.05) is 29.7 Å². The zero-order chi connectivity index (χ0) is 32.7. The quantitative estimate of drug-likeness (QED) is 0.173. The number of aromatic nitrogens is 5. The molecule has 5 aromatic rings. The Balaban J connectivity index is 1.01. The van der Waals surface area contributed by atoms with Gasteiger partial charge in [0.1, 0.15) is 12.4 Å². The molecule has 0 aliphatic carbocycles. The van der Waals surface area contributed by atoms with E-state index >= 15 is 0 Å². The second kappa shape index (κ2) is 13.0. The van der Waals surface area contributed by atoms with Crippen LogP contribution in [0.15, 0.2) is 60.8 Å². The van der Waals surface area contributed by atoms with Crippen molar-refractivity contribution in [1.29, 1.82) is 0 Å². The lowest BCUT2D eigenvalue weighted by atomic mass is 9.92. The Labute approximate surface area is 268 Å². The summed E-state index contributed by atoms with van der Waals surface area (Å²) in [5.41, 5.74) is 3.72. The molecule has 0 amide bonds. The molecule has 1 N–H and O–H groups in total. The molecule has 0 radical (unpaired) electrons. The van der Waals surface area contributed by atoms with Crippen LogP contribution in [0.2, 0.25) is 0 Å². The summed E-state index contributed by atoms with van der Waals surface area (Å²) in [5.74, 6) is 0.634. The number of rotatable bonds is 11. The second-order valence-corrected chi connectivity index (χ2v) is 12.2. The highest BCUT2D eigenvalue weighted by atomic mass is 19.3. The summed E-state index contributed by atoms with van der Waals surface area (Å²) in [6, 6.07) is 15.9. The number of carboxylic acid groups (broad SMARTS) is 1. The molecule has 2 aliphatic rings. The van der Waals surface area contributed by atoms with Crippen LogP contribution < -0.4 is 4.74 Å². The Hall–Kier alpha value is -4.49. The van der Waals surface area contributed by atoms with Gasteiger partial charge in [-0.1, -0.05) is 18.2 Å². The molecule has 13 heteroatoms. The molecule has 0 saturated carbocycles. The summed E-state index contributed by atoms with van der Waals surface area (Å²) >= 11 is 0. The molecule has 2 aromatic carbocycles. The number of carbonyl (C=O) groups is 1. The summed E-state index contributed by atoms with van der Waals surface area (Å²) in [5, 5.41) is 13.9. The summed E-state index contributed by atoms with van der Waals surface area (Å²) in [4.78, 5) is 23.8. The number of alkyl halides is 3. The van der Waals surface area contributed by atoms with Gasteiger partial charge in [-0.25, -0.2) is 32.6 Å². The van der Waals surface area contributed by atoms with Crippen molar-refractivity contribution in [2.75, 3.05) is 19.7 Å². The fourth-order valence-corrected chi connectivity index (χ4v) is 6.54. The lowest BCUT2D eigenvalue weighted by molar-refractivity contribution is -0.0594. The highest BCUT2D eigenvalue weighted by Crippen LogP contribution is 2.34. The third-order valence-corrected chi connectivity index (χ3v) is 9.31. The van der Waals surface area contributed by atoms with Crippen molar-refractivity contribution in [3.05, 3.63) is 83.4 Å². The predicted octanol–water partition coefficient (Wildman–Crippen LogP) is 6.52. The van der Waals surface area contributed by atoms with Crippen LogP contribution in [-0.4, -0.2) is 72.5 Å². The largest absolute Gasteiger partial charge is 0.478 e. The Bertz CT molecular complexity index is 1900. The predicted molar refractivity (Wildman–Crippen MR) is 167 cm³/mol. The van der Waals surface area contributed by atoms with Crippen molar-refractivity contribution in [2.24, 2.45) is 0 Å². The zero-order valence-corrected chi connectivity index (χ0v) is 25.8. The average molecular weight is 649 g/mol. The highest BCUT2D eigenvalue weighted by Gasteiger charge is 2.30. The lowest BCUT2D eigenvalue weighted by Gasteiger charge is -2.36. The van der Waals surface area contributed by atoms with Gasteiger partial charge in [0.05, 0.1) is 47.0 Å². The van der Waals surface area contributed by atoms with Crippen LogP contribution in [-0.2, 0) is 17.9 Å². The Morgan fingerprint density at radius 2 is 1.85 bits per heavy atom.